The zero-order valence-electron chi connectivity index (χ0n) is 14.6. The lowest BCUT2D eigenvalue weighted by Crippen LogP contribution is -2.26. The number of carboxylic acid groups (broad SMARTS) is 1. The number of hydrogen-bond donors (Lipinski definition) is 2. The largest absolute Gasteiger partial charge is 0.478 e. The molecule has 0 radical (unpaired) electrons. The van der Waals surface area contributed by atoms with Crippen LogP contribution in [0.1, 0.15) is 27.9 Å². The Balaban J connectivity index is 1.56. The highest BCUT2D eigenvalue weighted by Crippen LogP contribution is 2.26. The van der Waals surface area contributed by atoms with Gasteiger partial charge in [-0.25, -0.2) is 9.79 Å². The van der Waals surface area contributed by atoms with Crippen molar-refractivity contribution in [2.24, 2.45) is 4.99 Å². The minimum Gasteiger partial charge on any atom is -0.478 e. The molecule has 0 aromatic heterocycles. The predicted molar refractivity (Wildman–Crippen MR) is 107 cm³/mol. The molecule has 0 saturated carbocycles. The maximum Gasteiger partial charge on any atom is 0.335 e. The van der Waals surface area contributed by atoms with Crippen LogP contribution in [0, 0.1) is 0 Å². The summed E-state index contributed by atoms with van der Waals surface area (Å²) < 4.78 is 0. The Morgan fingerprint density at radius 3 is 2.52 bits per heavy atom. The average molecular weight is 354 g/mol. The van der Waals surface area contributed by atoms with E-state index in [1.807, 2.05) is 30.3 Å². The van der Waals surface area contributed by atoms with E-state index in [2.05, 4.69) is 40.7 Å². The van der Waals surface area contributed by atoms with Crippen molar-refractivity contribution in [2.75, 3.05) is 0 Å². The van der Waals surface area contributed by atoms with Gasteiger partial charge in [-0.1, -0.05) is 60.7 Å². The highest BCUT2D eigenvalue weighted by Gasteiger charge is 2.14. The zero-order valence-corrected chi connectivity index (χ0v) is 14.6. The normalized spacial score (nSPS) is 18.5. The van der Waals surface area contributed by atoms with Crippen molar-refractivity contribution >= 4 is 17.4 Å². The minimum absolute atomic E-state index is 0.244. The van der Waals surface area contributed by atoms with Gasteiger partial charge in [-0.2, -0.15) is 0 Å². The molecular weight excluding hydrogens is 336 g/mol. The van der Waals surface area contributed by atoms with Gasteiger partial charge in [0.2, 0.25) is 0 Å². The molecule has 2 aliphatic rings. The van der Waals surface area contributed by atoms with E-state index < -0.39 is 5.97 Å². The number of amidine groups is 1. The summed E-state index contributed by atoms with van der Waals surface area (Å²) >= 11 is 0. The van der Waals surface area contributed by atoms with E-state index in [9.17, 15) is 9.90 Å². The molecule has 0 bridgehead atoms. The van der Waals surface area contributed by atoms with Gasteiger partial charge in [-0.05, 0) is 41.3 Å². The molecule has 0 unspecified atom stereocenters. The molecule has 2 aromatic carbocycles. The molecule has 1 aliphatic carbocycles. The highest BCUT2D eigenvalue weighted by atomic mass is 16.4. The second kappa shape index (κ2) is 7.30. The number of carbonyl (C=O) groups is 1. The van der Waals surface area contributed by atoms with E-state index >= 15 is 0 Å². The molecule has 1 aliphatic heterocycles. The summed E-state index contributed by atoms with van der Waals surface area (Å²) in [5.74, 6) is -0.300. The van der Waals surface area contributed by atoms with E-state index in [1.54, 1.807) is 24.4 Å². The second-order valence-electron chi connectivity index (χ2n) is 6.31. The Morgan fingerprint density at radius 2 is 1.78 bits per heavy atom. The van der Waals surface area contributed by atoms with E-state index in [-0.39, 0.29) is 5.56 Å². The van der Waals surface area contributed by atoms with Gasteiger partial charge < -0.3 is 10.4 Å². The number of rotatable bonds is 3. The summed E-state index contributed by atoms with van der Waals surface area (Å²) in [6.45, 7) is 0. The number of nitrogens with one attached hydrogen (secondary N) is 1. The molecule has 0 spiro atoms. The predicted octanol–water partition coefficient (Wildman–Crippen LogP) is 4.55. The van der Waals surface area contributed by atoms with Gasteiger partial charge >= 0.3 is 5.97 Å². The number of benzene rings is 2. The summed E-state index contributed by atoms with van der Waals surface area (Å²) in [5.41, 5.74) is 5.54. The maximum atomic E-state index is 11.2. The van der Waals surface area contributed by atoms with Crippen LogP contribution in [0.25, 0.3) is 5.57 Å². The first kappa shape index (κ1) is 16.8. The minimum atomic E-state index is -0.948. The van der Waals surface area contributed by atoms with Crippen LogP contribution in [0.15, 0.2) is 101 Å². The van der Waals surface area contributed by atoms with Crippen molar-refractivity contribution in [1.29, 1.82) is 0 Å². The second-order valence-corrected chi connectivity index (χ2v) is 6.31. The Bertz CT molecular complexity index is 1040. The summed E-state index contributed by atoms with van der Waals surface area (Å²) in [6.07, 6.45) is 10.9. The first-order chi connectivity index (χ1) is 13.2. The van der Waals surface area contributed by atoms with Crippen LogP contribution < -0.4 is 5.32 Å². The summed E-state index contributed by atoms with van der Waals surface area (Å²) in [5, 5.41) is 12.5. The standard InChI is InChI=1S/C23H18N2O2/c26-23(27)20-8-4-7-19(15-20)22-24-14-13-21(25-22)18-11-9-17(10-12-18)16-5-2-1-3-6-16/h1-11,13-15H,12H2,(H,24,25)(H,26,27). The van der Waals surface area contributed by atoms with Crippen LogP contribution in [0.5, 0.6) is 0 Å². The lowest BCUT2D eigenvalue weighted by atomic mass is 9.95. The van der Waals surface area contributed by atoms with Crippen LogP contribution in [-0.2, 0) is 0 Å². The van der Waals surface area contributed by atoms with Crippen LogP contribution in [0.3, 0.4) is 0 Å². The molecule has 1 heterocycles. The van der Waals surface area contributed by atoms with Crippen molar-refractivity contribution in [2.45, 2.75) is 6.42 Å². The third-order valence-electron chi connectivity index (χ3n) is 4.54. The van der Waals surface area contributed by atoms with Crippen molar-refractivity contribution in [3.8, 4) is 0 Å². The topological polar surface area (TPSA) is 61.7 Å². The fourth-order valence-electron chi connectivity index (χ4n) is 3.11. The number of hydrogen-bond acceptors (Lipinski definition) is 3. The van der Waals surface area contributed by atoms with E-state index in [0.717, 1.165) is 23.3 Å². The molecular formula is C23H18N2O2. The summed E-state index contributed by atoms with van der Waals surface area (Å²) in [6, 6.07) is 17.1. The van der Waals surface area contributed by atoms with Crippen molar-refractivity contribution in [3.63, 3.8) is 0 Å². The monoisotopic (exact) mass is 354 g/mol. The Labute approximate surface area is 157 Å². The number of aromatic carboxylic acids is 1. The van der Waals surface area contributed by atoms with Gasteiger partial charge in [0.1, 0.15) is 5.84 Å². The van der Waals surface area contributed by atoms with Crippen molar-refractivity contribution < 1.29 is 9.90 Å². The first-order valence-electron chi connectivity index (χ1n) is 8.72. The van der Waals surface area contributed by atoms with Crippen LogP contribution in [0.4, 0.5) is 0 Å². The zero-order chi connectivity index (χ0) is 18.6. The molecule has 27 heavy (non-hydrogen) atoms. The van der Waals surface area contributed by atoms with Crippen molar-refractivity contribution in [1.82, 2.24) is 5.32 Å². The molecule has 4 heteroatoms. The molecule has 2 N–H and O–H groups in total. The molecule has 2 aromatic rings. The third kappa shape index (κ3) is 3.65. The molecule has 0 saturated heterocycles. The van der Waals surface area contributed by atoms with Crippen LogP contribution in [-0.4, -0.2) is 16.9 Å². The smallest absolute Gasteiger partial charge is 0.335 e. The fourth-order valence-corrected chi connectivity index (χ4v) is 3.11. The molecule has 0 fully saturated rings. The van der Waals surface area contributed by atoms with Crippen LogP contribution >= 0.6 is 0 Å². The molecule has 132 valence electrons. The van der Waals surface area contributed by atoms with Gasteiger partial charge in [0, 0.05) is 17.5 Å². The number of aliphatic imine (C=N–C) groups is 1. The lowest BCUT2D eigenvalue weighted by Gasteiger charge is -2.18. The number of nitrogens with zero attached hydrogens (tertiary/aromatic N) is 1. The quantitative estimate of drug-likeness (QED) is 0.850. The maximum absolute atomic E-state index is 11.2. The molecule has 4 rings (SSSR count). The summed E-state index contributed by atoms with van der Waals surface area (Å²) in [7, 11) is 0. The lowest BCUT2D eigenvalue weighted by molar-refractivity contribution is 0.0697. The van der Waals surface area contributed by atoms with Gasteiger partial charge in [-0.3, -0.25) is 0 Å². The van der Waals surface area contributed by atoms with Crippen molar-refractivity contribution in [3.05, 3.63) is 113 Å². The first-order valence-corrected chi connectivity index (χ1v) is 8.72. The van der Waals surface area contributed by atoms with Crippen LogP contribution in [0.2, 0.25) is 0 Å². The summed E-state index contributed by atoms with van der Waals surface area (Å²) in [4.78, 5) is 15.6. The number of allylic oxidation sites excluding steroid dienone is 6. The number of carboxylic acids is 1. The Hall–Kier alpha value is -3.66. The average Bonchev–Trinajstić information content (AvgIpc) is 2.75. The SMILES string of the molecule is O=C(O)c1cccc(C2=NC=CC(=C3C=CC(c4ccccc4)=CC3)N2)c1. The van der Waals surface area contributed by atoms with E-state index in [4.69, 9.17) is 0 Å². The van der Waals surface area contributed by atoms with Gasteiger partial charge in [0.05, 0.1) is 5.56 Å². The Kier molecular flexibility index (Phi) is 4.54. The van der Waals surface area contributed by atoms with Gasteiger partial charge in [-0.15, -0.1) is 0 Å². The van der Waals surface area contributed by atoms with Gasteiger partial charge in [0.15, 0.2) is 0 Å². The third-order valence-corrected chi connectivity index (χ3v) is 4.54. The Morgan fingerprint density at radius 1 is 0.963 bits per heavy atom. The van der Waals surface area contributed by atoms with E-state index in [0.29, 0.717) is 5.84 Å². The molecule has 0 amide bonds. The highest BCUT2D eigenvalue weighted by molar-refractivity contribution is 6.03. The molecule has 0 atom stereocenters. The van der Waals surface area contributed by atoms with Gasteiger partial charge in [0.25, 0.3) is 0 Å². The van der Waals surface area contributed by atoms with E-state index in [1.165, 1.54) is 11.1 Å². The fraction of sp³-hybridized carbons (Fsp3) is 0.0435. The molecule has 4 nitrogen and oxygen atoms in total.